The van der Waals surface area contributed by atoms with Crippen LogP contribution in [0.5, 0.6) is 0 Å². The highest BCUT2D eigenvalue weighted by atomic mass is 19.1. The molecule has 8 nitrogen and oxygen atoms in total. The quantitative estimate of drug-likeness (QED) is 0.543. The topological polar surface area (TPSA) is 111 Å². The minimum Gasteiger partial charge on any atom is -0.360 e. The van der Waals surface area contributed by atoms with Gasteiger partial charge in [-0.2, -0.15) is 5.10 Å². The third kappa shape index (κ3) is 3.07. The first-order chi connectivity index (χ1) is 13.9. The Kier molecular flexibility index (Phi) is 3.95. The van der Waals surface area contributed by atoms with Crippen LogP contribution in [-0.4, -0.2) is 44.2 Å². The van der Waals surface area contributed by atoms with Crippen molar-refractivity contribution in [2.75, 3.05) is 7.05 Å². The smallest absolute Gasteiger partial charge is 0.200 e. The lowest BCUT2D eigenvalue weighted by Crippen LogP contribution is -2.46. The molecule has 1 unspecified atom stereocenters. The normalized spacial score (nSPS) is 26.8. The van der Waals surface area contributed by atoms with E-state index in [9.17, 15) is 4.39 Å². The van der Waals surface area contributed by atoms with E-state index in [1.54, 1.807) is 12.3 Å². The molecule has 4 atom stereocenters. The average Bonchev–Trinajstić information content (AvgIpc) is 3.15. The third-order valence-electron chi connectivity index (χ3n) is 5.73. The summed E-state index contributed by atoms with van der Waals surface area (Å²) in [4.78, 5) is 14.6. The standard InChI is InChI=1S/C20H23FN8/c1-11(14-3-4-15-16(25-14)5-7-23-15)29(2)19-24-8-6-20(22,26-19)18-10-17(27-28-18)12-9-13(12)21/h3-8,10-13,23H,9,22H2,1-2H3,(H,24,26)(H,27,28)/t11-,12-,13-,20?/m0/s1. The van der Waals surface area contributed by atoms with Gasteiger partial charge in [0.25, 0.3) is 0 Å². The molecule has 0 aromatic carbocycles. The van der Waals surface area contributed by atoms with Gasteiger partial charge >= 0.3 is 0 Å². The first-order valence-electron chi connectivity index (χ1n) is 9.64. The number of fused-ring (bicyclic) bond motifs is 1. The van der Waals surface area contributed by atoms with Crippen LogP contribution >= 0.6 is 0 Å². The van der Waals surface area contributed by atoms with Crippen molar-refractivity contribution in [3.8, 4) is 0 Å². The number of pyridine rings is 1. The summed E-state index contributed by atoms with van der Waals surface area (Å²) in [6.07, 6.45) is 5.12. The van der Waals surface area contributed by atoms with E-state index >= 15 is 0 Å². The van der Waals surface area contributed by atoms with Crippen LogP contribution in [0.25, 0.3) is 11.0 Å². The molecule has 1 aliphatic carbocycles. The number of guanidine groups is 1. The van der Waals surface area contributed by atoms with E-state index in [0.717, 1.165) is 22.4 Å². The Hall–Kier alpha value is -3.20. The molecule has 9 heteroatoms. The number of aromatic amines is 2. The Labute approximate surface area is 167 Å². The summed E-state index contributed by atoms with van der Waals surface area (Å²) in [6.45, 7) is 2.06. The monoisotopic (exact) mass is 394 g/mol. The first-order valence-corrected chi connectivity index (χ1v) is 9.64. The molecule has 1 aliphatic heterocycles. The molecule has 5 N–H and O–H groups in total. The molecule has 0 bridgehead atoms. The molecular weight excluding hydrogens is 371 g/mol. The summed E-state index contributed by atoms with van der Waals surface area (Å²) in [5, 5.41) is 10.4. The maximum Gasteiger partial charge on any atom is 0.200 e. The Morgan fingerprint density at radius 2 is 2.17 bits per heavy atom. The molecule has 4 heterocycles. The van der Waals surface area contributed by atoms with E-state index in [0.29, 0.717) is 18.1 Å². The summed E-state index contributed by atoms with van der Waals surface area (Å²) >= 11 is 0. The van der Waals surface area contributed by atoms with Crippen LogP contribution in [0.1, 0.15) is 42.4 Å². The molecule has 1 fully saturated rings. The molecule has 1 saturated carbocycles. The lowest BCUT2D eigenvalue weighted by Gasteiger charge is -2.32. The molecule has 0 saturated heterocycles. The fourth-order valence-corrected chi connectivity index (χ4v) is 3.59. The van der Waals surface area contributed by atoms with Gasteiger partial charge < -0.3 is 15.2 Å². The first kappa shape index (κ1) is 17.9. The van der Waals surface area contributed by atoms with Crippen molar-refractivity contribution in [3.63, 3.8) is 0 Å². The fourth-order valence-electron chi connectivity index (χ4n) is 3.59. The number of rotatable bonds is 4. The number of nitrogens with zero attached hydrogens (tertiary/aromatic N) is 4. The van der Waals surface area contributed by atoms with Crippen molar-refractivity contribution in [2.24, 2.45) is 10.7 Å². The van der Waals surface area contributed by atoms with Gasteiger partial charge in [0.1, 0.15) is 11.9 Å². The lowest BCUT2D eigenvalue weighted by atomic mass is 10.1. The van der Waals surface area contributed by atoms with Crippen molar-refractivity contribution in [1.29, 1.82) is 0 Å². The van der Waals surface area contributed by atoms with Gasteiger partial charge in [-0.15, -0.1) is 0 Å². The number of aromatic nitrogens is 4. The number of hydrogen-bond donors (Lipinski definition) is 4. The van der Waals surface area contributed by atoms with Crippen LogP contribution in [0.3, 0.4) is 0 Å². The van der Waals surface area contributed by atoms with Crippen molar-refractivity contribution < 1.29 is 4.39 Å². The molecular formula is C20H23FN8. The Morgan fingerprint density at radius 3 is 2.97 bits per heavy atom. The fraction of sp³-hybridized carbons (Fsp3) is 0.350. The van der Waals surface area contributed by atoms with Crippen LogP contribution in [0.4, 0.5) is 4.39 Å². The van der Waals surface area contributed by atoms with Crippen LogP contribution < -0.4 is 11.1 Å². The number of nitrogens with one attached hydrogen (secondary N) is 3. The molecule has 2 aliphatic rings. The highest BCUT2D eigenvalue weighted by Crippen LogP contribution is 2.43. The zero-order valence-corrected chi connectivity index (χ0v) is 16.2. The zero-order valence-electron chi connectivity index (χ0n) is 16.2. The molecule has 150 valence electrons. The summed E-state index contributed by atoms with van der Waals surface area (Å²) in [5.41, 5.74) is 9.60. The summed E-state index contributed by atoms with van der Waals surface area (Å²) in [7, 11) is 1.94. The lowest BCUT2D eigenvalue weighted by molar-refractivity contribution is 0.374. The highest BCUT2D eigenvalue weighted by Gasteiger charge is 2.41. The van der Waals surface area contributed by atoms with E-state index in [4.69, 9.17) is 15.7 Å². The van der Waals surface area contributed by atoms with E-state index < -0.39 is 11.8 Å². The second-order valence-electron chi connectivity index (χ2n) is 7.74. The number of alkyl halides is 1. The molecule has 0 amide bonds. The van der Waals surface area contributed by atoms with Gasteiger partial charge in [-0.25, -0.2) is 14.4 Å². The van der Waals surface area contributed by atoms with Gasteiger partial charge in [-0.05, 0) is 43.7 Å². The second kappa shape index (κ2) is 6.41. The molecule has 29 heavy (non-hydrogen) atoms. The predicted molar refractivity (Wildman–Crippen MR) is 109 cm³/mol. The van der Waals surface area contributed by atoms with Gasteiger partial charge in [-0.3, -0.25) is 10.8 Å². The van der Waals surface area contributed by atoms with Crippen LogP contribution in [0, 0.1) is 0 Å². The molecule has 5 rings (SSSR count). The highest BCUT2D eigenvalue weighted by molar-refractivity contribution is 5.83. The Bertz CT molecular complexity index is 1110. The van der Waals surface area contributed by atoms with Gasteiger partial charge in [0.2, 0.25) is 5.96 Å². The number of H-pyrrole nitrogens is 2. The van der Waals surface area contributed by atoms with Gasteiger partial charge in [0, 0.05) is 31.1 Å². The Balaban J connectivity index is 1.40. The van der Waals surface area contributed by atoms with E-state index in [-0.39, 0.29) is 12.0 Å². The van der Waals surface area contributed by atoms with Gasteiger partial charge in [0.15, 0.2) is 5.66 Å². The second-order valence-corrected chi connectivity index (χ2v) is 7.74. The summed E-state index contributed by atoms with van der Waals surface area (Å²) in [6, 6.07) is 7.74. The SMILES string of the molecule is C[C@@H](c1ccc2[nH]ccc2n1)N(C)C1=NC(N)(c2cc([C@H]3C[C@@H]3F)[nH]n2)C=CN1. The van der Waals surface area contributed by atoms with Crippen molar-refractivity contribution in [2.45, 2.75) is 37.1 Å². The minimum atomic E-state index is -1.12. The number of aliphatic imine (C=N–C) groups is 1. The number of nitrogens with two attached hydrogens (primary N) is 1. The summed E-state index contributed by atoms with van der Waals surface area (Å²) in [5.74, 6) is 0.504. The van der Waals surface area contributed by atoms with Crippen LogP contribution in [-0.2, 0) is 5.66 Å². The van der Waals surface area contributed by atoms with Gasteiger partial charge in [-0.1, -0.05) is 0 Å². The maximum atomic E-state index is 13.4. The number of hydrogen-bond acceptors (Lipinski definition) is 6. The van der Waals surface area contributed by atoms with Crippen molar-refractivity contribution in [3.05, 3.63) is 59.8 Å². The van der Waals surface area contributed by atoms with Gasteiger partial charge in [0.05, 0.1) is 22.8 Å². The average molecular weight is 394 g/mol. The van der Waals surface area contributed by atoms with Crippen LogP contribution in [0.2, 0.25) is 0 Å². The molecule has 0 radical (unpaired) electrons. The Morgan fingerprint density at radius 1 is 1.34 bits per heavy atom. The van der Waals surface area contributed by atoms with E-state index in [1.165, 1.54) is 0 Å². The largest absolute Gasteiger partial charge is 0.360 e. The van der Waals surface area contributed by atoms with E-state index in [1.807, 2.05) is 42.4 Å². The molecule has 3 aromatic heterocycles. The summed E-state index contributed by atoms with van der Waals surface area (Å²) < 4.78 is 13.4. The third-order valence-corrected chi connectivity index (χ3v) is 5.73. The predicted octanol–water partition coefficient (Wildman–Crippen LogP) is 2.39. The molecule has 0 spiro atoms. The number of halogens is 1. The van der Waals surface area contributed by atoms with Crippen molar-refractivity contribution in [1.82, 2.24) is 30.4 Å². The van der Waals surface area contributed by atoms with Crippen molar-refractivity contribution >= 4 is 17.0 Å². The maximum absolute atomic E-state index is 13.4. The minimum absolute atomic E-state index is 0.0372. The zero-order chi connectivity index (χ0) is 20.2. The van der Waals surface area contributed by atoms with E-state index in [2.05, 4.69) is 27.4 Å². The van der Waals surface area contributed by atoms with Crippen LogP contribution in [0.15, 0.2) is 47.7 Å². The molecule has 3 aromatic rings.